The quantitative estimate of drug-likeness (QED) is 0.662. The van der Waals surface area contributed by atoms with Crippen molar-refractivity contribution in [1.82, 2.24) is 14.9 Å². The summed E-state index contributed by atoms with van der Waals surface area (Å²) in [5, 5.41) is 6.15. The van der Waals surface area contributed by atoms with Crippen LogP contribution in [0.4, 0.5) is 13.2 Å². The van der Waals surface area contributed by atoms with Crippen LogP contribution in [-0.4, -0.2) is 50.9 Å². The van der Waals surface area contributed by atoms with Crippen molar-refractivity contribution in [2.75, 3.05) is 20.1 Å². The molecule has 2 aliphatic rings. The molecule has 3 rings (SSSR count). The molecular weight excluding hydrogens is 443 g/mol. The number of benzene rings is 1. The molecule has 32 heavy (non-hydrogen) atoms. The summed E-state index contributed by atoms with van der Waals surface area (Å²) in [6, 6.07) is 3.36. The first kappa shape index (κ1) is 25.0. The van der Waals surface area contributed by atoms with E-state index in [0.717, 1.165) is 25.0 Å². The average Bonchev–Trinajstić information content (AvgIpc) is 3.27. The lowest BCUT2D eigenvalue weighted by molar-refractivity contribution is -0.137. The van der Waals surface area contributed by atoms with Crippen molar-refractivity contribution in [3.63, 3.8) is 0 Å². The standard InChI is InChI=1S/C22H32F3N3O3S/c1-21(2,3)11-19(26-4)20(29)27-18-9-8-14-12-28(13-17(14)18)32(30,31)16-7-5-6-15(10-16)22(23,24)25/h5-7,10,14,17-19,26H,8-9,11-13H2,1-4H3,(H,27,29)/t14-,17+,18+,19-/m0/s1. The highest BCUT2D eigenvalue weighted by Gasteiger charge is 2.47. The van der Waals surface area contributed by atoms with Crippen molar-refractivity contribution < 1.29 is 26.4 Å². The van der Waals surface area contributed by atoms with Crippen LogP contribution in [0.3, 0.4) is 0 Å². The van der Waals surface area contributed by atoms with Crippen molar-refractivity contribution >= 4 is 15.9 Å². The summed E-state index contributed by atoms with van der Waals surface area (Å²) in [5.41, 5.74) is -1.02. The van der Waals surface area contributed by atoms with Crippen molar-refractivity contribution in [3.8, 4) is 0 Å². The van der Waals surface area contributed by atoms with Gasteiger partial charge < -0.3 is 10.6 Å². The van der Waals surface area contributed by atoms with Gasteiger partial charge in [-0.3, -0.25) is 4.79 Å². The van der Waals surface area contributed by atoms with Crippen LogP contribution in [0.15, 0.2) is 29.2 Å². The SMILES string of the molecule is CN[C@@H](CC(C)(C)C)C(=O)N[C@@H]1CC[C@H]2CN(S(=O)(=O)c3cccc(C(F)(F)F)c3)C[C@H]21. The number of nitrogens with one attached hydrogen (secondary N) is 2. The van der Waals surface area contributed by atoms with Crippen LogP contribution < -0.4 is 10.6 Å². The molecule has 1 aromatic carbocycles. The molecule has 1 heterocycles. The van der Waals surface area contributed by atoms with Crippen LogP contribution in [0.25, 0.3) is 0 Å². The van der Waals surface area contributed by atoms with Gasteiger partial charge in [-0.05, 0) is 61.8 Å². The Bertz CT molecular complexity index is 944. The molecule has 0 radical (unpaired) electrons. The second-order valence-corrected chi connectivity index (χ2v) is 12.0. The van der Waals surface area contributed by atoms with Crippen LogP contribution in [0.5, 0.6) is 0 Å². The fraction of sp³-hybridized carbons (Fsp3) is 0.682. The maximum Gasteiger partial charge on any atom is 0.416 e. The largest absolute Gasteiger partial charge is 0.416 e. The van der Waals surface area contributed by atoms with Crippen LogP contribution in [0, 0.1) is 17.3 Å². The molecule has 0 spiro atoms. The van der Waals surface area contributed by atoms with Gasteiger partial charge >= 0.3 is 6.18 Å². The van der Waals surface area contributed by atoms with E-state index in [9.17, 15) is 26.4 Å². The Labute approximate surface area is 188 Å². The number of carbonyl (C=O) groups excluding carboxylic acids is 1. The molecular formula is C22H32F3N3O3S. The molecule has 1 amide bonds. The third-order valence-corrected chi connectivity index (χ3v) is 8.26. The third kappa shape index (κ3) is 5.46. The van der Waals surface area contributed by atoms with Gasteiger partial charge in [-0.15, -0.1) is 0 Å². The molecule has 1 saturated carbocycles. The van der Waals surface area contributed by atoms with Gasteiger partial charge in [0.25, 0.3) is 0 Å². The van der Waals surface area contributed by atoms with Crippen molar-refractivity contribution in [3.05, 3.63) is 29.8 Å². The topological polar surface area (TPSA) is 78.5 Å². The highest BCUT2D eigenvalue weighted by Crippen LogP contribution is 2.41. The number of alkyl halides is 3. The highest BCUT2D eigenvalue weighted by molar-refractivity contribution is 7.89. The molecule has 1 aliphatic heterocycles. The van der Waals surface area contributed by atoms with E-state index in [0.29, 0.717) is 12.5 Å². The van der Waals surface area contributed by atoms with E-state index in [4.69, 9.17) is 0 Å². The lowest BCUT2D eigenvalue weighted by atomic mass is 9.87. The Morgan fingerprint density at radius 1 is 1.19 bits per heavy atom. The zero-order valence-corrected chi connectivity index (χ0v) is 19.7. The van der Waals surface area contributed by atoms with Gasteiger partial charge in [-0.2, -0.15) is 17.5 Å². The van der Waals surface area contributed by atoms with Crippen LogP contribution in [0.2, 0.25) is 0 Å². The van der Waals surface area contributed by atoms with Gasteiger partial charge in [0.2, 0.25) is 15.9 Å². The Balaban J connectivity index is 1.71. The van der Waals surface area contributed by atoms with Gasteiger partial charge in [0.05, 0.1) is 16.5 Å². The van der Waals surface area contributed by atoms with Crippen molar-refractivity contribution in [2.24, 2.45) is 17.3 Å². The van der Waals surface area contributed by atoms with Crippen LogP contribution in [0.1, 0.15) is 45.6 Å². The Hall–Kier alpha value is -1.65. The predicted molar refractivity (Wildman–Crippen MR) is 115 cm³/mol. The van der Waals surface area contributed by atoms with Crippen molar-refractivity contribution in [1.29, 1.82) is 0 Å². The minimum absolute atomic E-state index is 0.0353. The summed E-state index contributed by atoms with van der Waals surface area (Å²) < 4.78 is 66.5. The summed E-state index contributed by atoms with van der Waals surface area (Å²) in [4.78, 5) is 12.5. The van der Waals surface area contributed by atoms with E-state index < -0.39 is 21.8 Å². The molecule has 1 saturated heterocycles. The zero-order chi connectivity index (χ0) is 23.9. The first-order valence-electron chi connectivity index (χ1n) is 10.9. The average molecular weight is 476 g/mol. The number of rotatable bonds is 6. The smallest absolute Gasteiger partial charge is 0.352 e. The normalized spacial score (nSPS) is 25.5. The minimum atomic E-state index is -4.61. The summed E-state index contributed by atoms with van der Waals surface area (Å²) in [7, 11) is -2.31. The van der Waals surface area contributed by atoms with Gasteiger partial charge in [0.1, 0.15) is 0 Å². The Morgan fingerprint density at radius 2 is 1.88 bits per heavy atom. The van der Waals surface area contributed by atoms with E-state index in [-0.39, 0.29) is 53.2 Å². The highest BCUT2D eigenvalue weighted by atomic mass is 32.2. The first-order chi connectivity index (χ1) is 14.7. The Morgan fingerprint density at radius 3 is 2.47 bits per heavy atom. The second-order valence-electron chi connectivity index (χ2n) is 10.1. The van der Waals surface area contributed by atoms with E-state index in [2.05, 4.69) is 31.4 Å². The molecule has 0 aromatic heterocycles. The van der Waals surface area contributed by atoms with Crippen LogP contribution in [-0.2, 0) is 21.0 Å². The lowest BCUT2D eigenvalue weighted by Gasteiger charge is -2.28. The third-order valence-electron chi connectivity index (χ3n) is 6.43. The van der Waals surface area contributed by atoms with Crippen molar-refractivity contribution in [2.45, 2.75) is 63.2 Å². The molecule has 4 atom stereocenters. The maximum atomic E-state index is 13.0. The zero-order valence-electron chi connectivity index (χ0n) is 18.9. The molecule has 0 bridgehead atoms. The van der Waals surface area contributed by atoms with E-state index in [1.807, 2.05) is 0 Å². The molecule has 180 valence electrons. The Kier molecular flexibility index (Phi) is 6.98. The number of sulfonamides is 1. The number of nitrogens with zero attached hydrogens (tertiary/aromatic N) is 1. The molecule has 1 aromatic rings. The molecule has 2 N–H and O–H groups in total. The predicted octanol–water partition coefficient (Wildman–Crippen LogP) is 3.24. The minimum Gasteiger partial charge on any atom is -0.352 e. The summed E-state index contributed by atoms with van der Waals surface area (Å²) in [5.74, 6) is -0.0737. The van der Waals surface area contributed by atoms with Gasteiger partial charge in [-0.25, -0.2) is 8.42 Å². The first-order valence-corrected chi connectivity index (χ1v) is 12.3. The number of carbonyl (C=O) groups is 1. The summed E-state index contributed by atoms with van der Waals surface area (Å²) in [6.45, 7) is 6.63. The number of hydrogen-bond donors (Lipinski definition) is 2. The lowest BCUT2D eigenvalue weighted by Crippen LogP contribution is -2.49. The second kappa shape index (κ2) is 8.95. The van der Waals surface area contributed by atoms with E-state index in [1.54, 1.807) is 7.05 Å². The monoisotopic (exact) mass is 475 g/mol. The van der Waals surface area contributed by atoms with Gasteiger partial charge in [0.15, 0.2) is 0 Å². The molecule has 2 fully saturated rings. The number of amides is 1. The van der Waals surface area contributed by atoms with Crippen LogP contribution >= 0.6 is 0 Å². The molecule has 6 nitrogen and oxygen atoms in total. The van der Waals surface area contributed by atoms with E-state index in [1.165, 1.54) is 10.4 Å². The number of halogens is 3. The summed E-state index contributed by atoms with van der Waals surface area (Å²) in [6.07, 6.45) is -2.41. The van der Waals surface area contributed by atoms with Gasteiger partial charge in [0, 0.05) is 19.1 Å². The van der Waals surface area contributed by atoms with Gasteiger partial charge in [-0.1, -0.05) is 26.8 Å². The number of hydrogen-bond acceptors (Lipinski definition) is 4. The maximum absolute atomic E-state index is 13.0. The molecule has 0 unspecified atom stereocenters. The molecule has 1 aliphatic carbocycles. The fourth-order valence-electron chi connectivity index (χ4n) is 4.80. The summed E-state index contributed by atoms with van der Waals surface area (Å²) >= 11 is 0. The number of fused-ring (bicyclic) bond motifs is 1. The fourth-order valence-corrected chi connectivity index (χ4v) is 6.38. The molecule has 10 heteroatoms. The number of likely N-dealkylation sites (N-methyl/N-ethyl adjacent to an activating group) is 1. The van der Waals surface area contributed by atoms with E-state index >= 15 is 0 Å².